The lowest BCUT2D eigenvalue weighted by atomic mass is 10.2. The van der Waals surface area contributed by atoms with Crippen molar-refractivity contribution in [2.45, 2.75) is 18.1 Å². The maximum atomic E-state index is 10.8. The predicted molar refractivity (Wildman–Crippen MR) is 73.9 cm³/mol. The molecule has 1 rings (SSSR count). The van der Waals surface area contributed by atoms with Crippen LogP contribution in [0, 0.1) is 0 Å². The summed E-state index contributed by atoms with van der Waals surface area (Å²) in [5, 5.41) is 16.5. The number of aliphatic carboxylic acids is 2. The molecule has 0 aliphatic heterocycles. The zero-order chi connectivity index (χ0) is 13.4. The van der Waals surface area contributed by atoms with Crippen molar-refractivity contribution in [1.29, 1.82) is 0 Å². The molecular weight excluding hydrogens is 272 g/mol. The molecule has 4 nitrogen and oxygen atoms in total. The van der Waals surface area contributed by atoms with Crippen LogP contribution in [0.4, 0.5) is 0 Å². The maximum absolute atomic E-state index is 10.8. The lowest BCUT2D eigenvalue weighted by Gasteiger charge is -2.08. The van der Waals surface area contributed by atoms with Crippen molar-refractivity contribution in [2.24, 2.45) is 0 Å². The Balaban J connectivity index is 2.27. The van der Waals surface area contributed by atoms with Crippen LogP contribution in [0.3, 0.4) is 0 Å². The number of carbonyl (C=O) groups is 2. The van der Waals surface area contributed by atoms with Crippen molar-refractivity contribution in [3.8, 4) is 0 Å². The van der Waals surface area contributed by atoms with Crippen molar-refractivity contribution in [3.63, 3.8) is 0 Å². The Morgan fingerprint density at radius 3 is 2.39 bits per heavy atom. The Morgan fingerprint density at radius 1 is 1.17 bits per heavy atom. The lowest BCUT2D eigenvalue weighted by molar-refractivity contribution is -0.142. The quantitative estimate of drug-likeness (QED) is 0.565. The van der Waals surface area contributed by atoms with Gasteiger partial charge in [0.1, 0.15) is 5.25 Å². The fourth-order valence-electron chi connectivity index (χ4n) is 1.26. The second kappa shape index (κ2) is 8.05. The van der Waals surface area contributed by atoms with Crippen LogP contribution in [0.15, 0.2) is 30.3 Å². The minimum absolute atomic E-state index is 0.349. The fraction of sp³-hybridized carbons (Fsp3) is 0.333. The number of hydrogen-bond acceptors (Lipinski definition) is 4. The third-order valence-corrected chi connectivity index (χ3v) is 4.85. The van der Waals surface area contributed by atoms with Gasteiger partial charge in [0.2, 0.25) is 0 Å². The van der Waals surface area contributed by atoms with Crippen molar-refractivity contribution < 1.29 is 19.8 Å². The molecule has 18 heavy (non-hydrogen) atoms. The number of rotatable bonds is 8. The van der Waals surface area contributed by atoms with Crippen LogP contribution >= 0.6 is 21.6 Å². The van der Waals surface area contributed by atoms with Gasteiger partial charge >= 0.3 is 11.9 Å². The molecule has 0 bridgehead atoms. The van der Waals surface area contributed by atoms with E-state index in [0.717, 1.165) is 23.0 Å². The number of carboxylic acids is 2. The van der Waals surface area contributed by atoms with Crippen LogP contribution in [0.1, 0.15) is 12.0 Å². The van der Waals surface area contributed by atoms with E-state index in [-0.39, 0.29) is 6.42 Å². The van der Waals surface area contributed by atoms with E-state index in [1.165, 1.54) is 16.4 Å². The van der Waals surface area contributed by atoms with Crippen molar-refractivity contribution >= 4 is 33.5 Å². The molecule has 6 heteroatoms. The first kappa shape index (κ1) is 14.9. The van der Waals surface area contributed by atoms with Crippen LogP contribution in [0.5, 0.6) is 0 Å². The number of carboxylic acid groups (broad SMARTS) is 2. The van der Waals surface area contributed by atoms with E-state index < -0.39 is 17.2 Å². The Labute approximate surface area is 113 Å². The molecule has 0 saturated carbocycles. The highest BCUT2D eigenvalue weighted by atomic mass is 33.1. The van der Waals surface area contributed by atoms with E-state index in [0.29, 0.717) is 0 Å². The SMILES string of the molecule is O=C(O)CC(SSCCc1ccccc1)C(=O)O. The number of aryl methyl sites for hydroxylation is 1. The molecule has 0 spiro atoms. The first-order chi connectivity index (χ1) is 8.59. The monoisotopic (exact) mass is 286 g/mol. The molecule has 1 atom stereocenters. The number of hydrogen-bond donors (Lipinski definition) is 2. The first-order valence-corrected chi connectivity index (χ1v) is 7.74. The molecule has 0 heterocycles. The summed E-state index contributed by atoms with van der Waals surface area (Å²) in [5.74, 6) is -1.40. The molecule has 0 radical (unpaired) electrons. The van der Waals surface area contributed by atoms with Gasteiger partial charge in [0.25, 0.3) is 0 Å². The second-order valence-corrected chi connectivity index (χ2v) is 6.27. The van der Waals surface area contributed by atoms with E-state index in [1.54, 1.807) is 0 Å². The normalized spacial score (nSPS) is 12.0. The minimum atomic E-state index is -1.08. The Morgan fingerprint density at radius 2 is 1.83 bits per heavy atom. The van der Waals surface area contributed by atoms with Gasteiger partial charge in [-0.05, 0) is 12.0 Å². The van der Waals surface area contributed by atoms with Gasteiger partial charge in [0.05, 0.1) is 6.42 Å². The molecule has 0 fully saturated rings. The van der Waals surface area contributed by atoms with E-state index in [1.807, 2.05) is 30.3 Å². The summed E-state index contributed by atoms with van der Waals surface area (Å²) < 4.78 is 0. The number of benzene rings is 1. The smallest absolute Gasteiger partial charge is 0.318 e. The van der Waals surface area contributed by atoms with Crippen molar-refractivity contribution in [1.82, 2.24) is 0 Å². The molecule has 0 aliphatic rings. The van der Waals surface area contributed by atoms with Gasteiger partial charge in [-0.25, -0.2) is 0 Å². The second-order valence-electron chi connectivity index (χ2n) is 3.58. The largest absolute Gasteiger partial charge is 0.481 e. The van der Waals surface area contributed by atoms with Crippen molar-refractivity contribution in [3.05, 3.63) is 35.9 Å². The van der Waals surface area contributed by atoms with Gasteiger partial charge in [0, 0.05) is 5.75 Å². The van der Waals surface area contributed by atoms with E-state index >= 15 is 0 Å². The van der Waals surface area contributed by atoms with Crippen LogP contribution in [-0.2, 0) is 16.0 Å². The Kier molecular flexibility index (Phi) is 6.67. The van der Waals surface area contributed by atoms with Gasteiger partial charge in [-0.2, -0.15) is 0 Å². The fourth-order valence-corrected chi connectivity index (χ4v) is 3.61. The van der Waals surface area contributed by atoms with Crippen LogP contribution in [-0.4, -0.2) is 33.2 Å². The molecule has 1 aromatic carbocycles. The van der Waals surface area contributed by atoms with E-state index in [2.05, 4.69) is 0 Å². The van der Waals surface area contributed by atoms with Gasteiger partial charge < -0.3 is 10.2 Å². The zero-order valence-corrected chi connectivity index (χ0v) is 11.2. The summed E-state index contributed by atoms with van der Waals surface area (Å²) >= 11 is 0. The van der Waals surface area contributed by atoms with Gasteiger partial charge in [0.15, 0.2) is 0 Å². The third kappa shape index (κ3) is 5.97. The first-order valence-electron chi connectivity index (χ1n) is 5.36. The molecule has 0 aromatic heterocycles. The standard InChI is InChI=1S/C12H14O4S2/c13-11(14)8-10(12(15)16)18-17-7-6-9-4-2-1-3-5-9/h1-5,10H,6-8H2,(H,13,14)(H,15,16). The van der Waals surface area contributed by atoms with Crippen LogP contribution < -0.4 is 0 Å². The summed E-state index contributed by atoms with van der Waals surface area (Å²) in [6, 6.07) is 9.88. The van der Waals surface area contributed by atoms with E-state index in [9.17, 15) is 9.59 Å². The average molecular weight is 286 g/mol. The molecule has 0 aliphatic carbocycles. The van der Waals surface area contributed by atoms with Crippen molar-refractivity contribution in [2.75, 3.05) is 5.75 Å². The molecule has 1 aromatic rings. The maximum Gasteiger partial charge on any atom is 0.318 e. The lowest BCUT2D eigenvalue weighted by Crippen LogP contribution is -2.19. The third-order valence-electron chi connectivity index (χ3n) is 2.14. The van der Waals surface area contributed by atoms with Gasteiger partial charge in [-0.3, -0.25) is 9.59 Å². The Bertz CT molecular complexity index is 394. The van der Waals surface area contributed by atoms with Gasteiger partial charge in [-0.1, -0.05) is 51.9 Å². The van der Waals surface area contributed by atoms with E-state index in [4.69, 9.17) is 10.2 Å². The molecule has 1 unspecified atom stereocenters. The topological polar surface area (TPSA) is 74.6 Å². The molecular formula is C12H14O4S2. The summed E-state index contributed by atoms with van der Waals surface area (Å²) in [7, 11) is 2.51. The highest BCUT2D eigenvalue weighted by molar-refractivity contribution is 8.77. The van der Waals surface area contributed by atoms with Gasteiger partial charge in [-0.15, -0.1) is 0 Å². The molecule has 0 saturated heterocycles. The highest BCUT2D eigenvalue weighted by Gasteiger charge is 2.21. The summed E-state index contributed by atoms with van der Waals surface area (Å²) in [4.78, 5) is 21.3. The highest BCUT2D eigenvalue weighted by Crippen LogP contribution is 2.29. The zero-order valence-electron chi connectivity index (χ0n) is 9.61. The molecule has 2 N–H and O–H groups in total. The average Bonchev–Trinajstić information content (AvgIpc) is 2.33. The van der Waals surface area contributed by atoms with Crippen LogP contribution in [0.25, 0.3) is 0 Å². The summed E-state index contributed by atoms with van der Waals surface area (Å²) in [6.07, 6.45) is 0.496. The Hall–Kier alpha value is -1.14. The predicted octanol–water partition coefficient (Wildman–Crippen LogP) is 2.54. The van der Waals surface area contributed by atoms with Crippen LogP contribution in [0.2, 0.25) is 0 Å². The summed E-state index contributed by atoms with van der Waals surface area (Å²) in [6.45, 7) is 0. The summed E-state index contributed by atoms with van der Waals surface area (Å²) in [5.41, 5.74) is 1.19. The minimum Gasteiger partial charge on any atom is -0.481 e. The molecule has 0 amide bonds. The molecule has 98 valence electrons.